The van der Waals surface area contributed by atoms with E-state index in [0.29, 0.717) is 24.6 Å². The number of nitrogens with one attached hydrogen (secondary N) is 2. The molecule has 1 unspecified atom stereocenters. The molecule has 1 fully saturated rings. The zero-order chi connectivity index (χ0) is 23.8. The SMILES string of the molecule is CCCCC(NC(=O)CCc1nnc(-c2ccsc2)o1)C(=O)Nc1cccc(N2CCCC2)c1. The largest absolute Gasteiger partial charge is 0.421 e. The van der Waals surface area contributed by atoms with Gasteiger partial charge in [-0.1, -0.05) is 25.8 Å². The average molecular weight is 482 g/mol. The first kappa shape index (κ1) is 23.9. The Kier molecular flexibility index (Phi) is 8.30. The van der Waals surface area contributed by atoms with Gasteiger partial charge in [0, 0.05) is 48.2 Å². The van der Waals surface area contributed by atoms with Crippen LogP contribution in [0.2, 0.25) is 0 Å². The average Bonchev–Trinajstić information content (AvgIpc) is 3.63. The molecular weight excluding hydrogens is 450 g/mol. The molecule has 0 spiro atoms. The summed E-state index contributed by atoms with van der Waals surface area (Å²) >= 11 is 1.55. The molecule has 34 heavy (non-hydrogen) atoms. The Morgan fingerprint density at radius 2 is 2.06 bits per heavy atom. The van der Waals surface area contributed by atoms with Gasteiger partial charge in [-0.3, -0.25) is 9.59 Å². The zero-order valence-corrected chi connectivity index (χ0v) is 20.3. The molecule has 2 amide bonds. The van der Waals surface area contributed by atoms with Crippen molar-refractivity contribution >= 4 is 34.5 Å². The monoisotopic (exact) mass is 481 g/mol. The second-order valence-electron chi connectivity index (χ2n) is 8.51. The number of unbranched alkanes of at least 4 members (excludes halogenated alkanes) is 1. The summed E-state index contributed by atoms with van der Waals surface area (Å²) in [6, 6.07) is 9.23. The van der Waals surface area contributed by atoms with E-state index in [0.717, 1.165) is 42.9 Å². The normalized spacial score (nSPS) is 14.2. The number of carbonyl (C=O) groups excluding carboxylic acids is 2. The molecule has 0 radical (unpaired) electrons. The zero-order valence-electron chi connectivity index (χ0n) is 19.5. The highest BCUT2D eigenvalue weighted by Gasteiger charge is 2.21. The van der Waals surface area contributed by atoms with Gasteiger partial charge in [0.2, 0.25) is 23.6 Å². The second kappa shape index (κ2) is 11.8. The summed E-state index contributed by atoms with van der Waals surface area (Å²) in [4.78, 5) is 28.0. The number of carbonyl (C=O) groups is 2. The van der Waals surface area contributed by atoms with Crippen LogP contribution in [0.1, 0.15) is 51.3 Å². The van der Waals surface area contributed by atoms with E-state index >= 15 is 0 Å². The fourth-order valence-electron chi connectivity index (χ4n) is 4.01. The van der Waals surface area contributed by atoms with E-state index in [4.69, 9.17) is 4.42 Å². The van der Waals surface area contributed by atoms with Crippen LogP contribution in [-0.4, -0.2) is 41.1 Å². The molecule has 180 valence electrons. The van der Waals surface area contributed by atoms with Crippen molar-refractivity contribution in [1.82, 2.24) is 15.5 Å². The number of anilines is 2. The minimum atomic E-state index is -0.591. The lowest BCUT2D eigenvalue weighted by molar-refractivity contribution is -0.126. The van der Waals surface area contributed by atoms with Crippen molar-refractivity contribution in [1.29, 1.82) is 0 Å². The van der Waals surface area contributed by atoms with Crippen LogP contribution >= 0.6 is 11.3 Å². The van der Waals surface area contributed by atoms with Crippen molar-refractivity contribution in [2.24, 2.45) is 0 Å². The van der Waals surface area contributed by atoms with E-state index in [9.17, 15) is 9.59 Å². The van der Waals surface area contributed by atoms with Crippen molar-refractivity contribution in [3.05, 3.63) is 47.0 Å². The molecule has 3 heterocycles. The first-order valence-electron chi connectivity index (χ1n) is 11.9. The second-order valence-corrected chi connectivity index (χ2v) is 9.29. The summed E-state index contributed by atoms with van der Waals surface area (Å²) in [7, 11) is 0. The smallest absolute Gasteiger partial charge is 0.248 e. The van der Waals surface area contributed by atoms with Crippen LogP contribution in [0.4, 0.5) is 11.4 Å². The third-order valence-corrected chi connectivity index (χ3v) is 6.57. The van der Waals surface area contributed by atoms with E-state index in [2.05, 4.69) is 38.7 Å². The lowest BCUT2D eigenvalue weighted by atomic mass is 10.1. The molecule has 0 aliphatic carbocycles. The van der Waals surface area contributed by atoms with Gasteiger partial charge >= 0.3 is 0 Å². The number of thiophene rings is 1. The number of benzene rings is 1. The Balaban J connectivity index is 1.32. The van der Waals surface area contributed by atoms with Crippen LogP contribution in [0.15, 0.2) is 45.5 Å². The van der Waals surface area contributed by atoms with Crippen LogP contribution in [0.3, 0.4) is 0 Å². The van der Waals surface area contributed by atoms with Crippen LogP contribution in [0, 0.1) is 0 Å². The Morgan fingerprint density at radius 1 is 1.21 bits per heavy atom. The Hall–Kier alpha value is -3.20. The number of aryl methyl sites for hydroxylation is 1. The van der Waals surface area contributed by atoms with Crippen molar-refractivity contribution in [2.45, 2.75) is 57.9 Å². The Morgan fingerprint density at radius 3 is 2.82 bits per heavy atom. The molecule has 1 aliphatic heterocycles. The first-order chi connectivity index (χ1) is 16.6. The van der Waals surface area contributed by atoms with E-state index in [1.165, 1.54) is 12.8 Å². The highest BCUT2D eigenvalue weighted by Crippen LogP contribution is 2.24. The van der Waals surface area contributed by atoms with Gasteiger partial charge in [-0.05, 0) is 48.9 Å². The summed E-state index contributed by atoms with van der Waals surface area (Å²) in [6.07, 6.45) is 5.26. The standard InChI is InChI=1S/C25H31N5O3S/c1-2-3-9-21(24(32)26-19-7-6-8-20(16-19)30-13-4-5-14-30)27-22(31)10-11-23-28-29-25(33-23)18-12-15-34-17-18/h6-8,12,15-17,21H,2-5,9-11,13-14H2,1H3,(H,26,32)(H,27,31). The maximum absolute atomic E-state index is 13.0. The molecule has 9 heteroatoms. The quantitative estimate of drug-likeness (QED) is 0.414. The number of nitrogens with zero attached hydrogens (tertiary/aromatic N) is 3. The van der Waals surface area contributed by atoms with Crippen LogP contribution < -0.4 is 15.5 Å². The molecule has 1 aliphatic rings. The lowest BCUT2D eigenvalue weighted by Crippen LogP contribution is -2.43. The molecule has 0 saturated carbocycles. The predicted molar refractivity (Wildman–Crippen MR) is 134 cm³/mol. The van der Waals surface area contributed by atoms with Gasteiger partial charge in [0.15, 0.2) is 0 Å². The molecule has 8 nitrogen and oxygen atoms in total. The predicted octanol–water partition coefficient (Wildman–Crippen LogP) is 4.64. The van der Waals surface area contributed by atoms with Gasteiger partial charge in [-0.25, -0.2) is 0 Å². The van der Waals surface area contributed by atoms with Crippen molar-refractivity contribution < 1.29 is 14.0 Å². The Labute approximate surface area is 203 Å². The summed E-state index contributed by atoms with van der Waals surface area (Å²) in [5.74, 6) is 0.452. The number of amides is 2. The van der Waals surface area contributed by atoms with Gasteiger partial charge in [-0.2, -0.15) is 11.3 Å². The summed E-state index contributed by atoms with van der Waals surface area (Å²) < 4.78 is 5.65. The van der Waals surface area contributed by atoms with Gasteiger partial charge < -0.3 is 20.0 Å². The van der Waals surface area contributed by atoms with E-state index in [1.54, 1.807) is 11.3 Å². The third-order valence-electron chi connectivity index (χ3n) is 5.88. The Bertz CT molecular complexity index is 1080. The number of hydrogen-bond donors (Lipinski definition) is 2. The van der Waals surface area contributed by atoms with Crippen molar-refractivity contribution in [2.75, 3.05) is 23.3 Å². The first-order valence-corrected chi connectivity index (χ1v) is 12.9. The van der Waals surface area contributed by atoms with Gasteiger partial charge in [0.25, 0.3) is 0 Å². The summed E-state index contributed by atoms with van der Waals surface area (Å²) in [5.41, 5.74) is 2.74. The molecule has 1 atom stereocenters. The molecule has 2 N–H and O–H groups in total. The molecule has 4 rings (SSSR count). The van der Waals surface area contributed by atoms with Crippen LogP contribution in [0.5, 0.6) is 0 Å². The molecule has 1 saturated heterocycles. The molecule has 2 aromatic heterocycles. The molecule has 1 aromatic carbocycles. The highest BCUT2D eigenvalue weighted by atomic mass is 32.1. The minimum Gasteiger partial charge on any atom is -0.421 e. The summed E-state index contributed by atoms with van der Waals surface area (Å²) in [6.45, 7) is 4.15. The molecular formula is C25H31N5O3S. The van der Waals surface area contributed by atoms with E-state index in [1.807, 2.05) is 35.0 Å². The van der Waals surface area contributed by atoms with Crippen LogP contribution in [0.25, 0.3) is 11.5 Å². The van der Waals surface area contributed by atoms with Crippen molar-refractivity contribution in [3.63, 3.8) is 0 Å². The number of aromatic nitrogens is 2. The minimum absolute atomic E-state index is 0.172. The van der Waals surface area contributed by atoms with Crippen molar-refractivity contribution in [3.8, 4) is 11.5 Å². The van der Waals surface area contributed by atoms with Gasteiger partial charge in [0.1, 0.15) is 6.04 Å². The topological polar surface area (TPSA) is 100 Å². The fraction of sp³-hybridized carbons (Fsp3) is 0.440. The molecule has 0 bridgehead atoms. The fourth-order valence-corrected chi connectivity index (χ4v) is 4.64. The number of rotatable bonds is 11. The maximum atomic E-state index is 13.0. The lowest BCUT2D eigenvalue weighted by Gasteiger charge is -2.20. The molecule has 3 aromatic rings. The van der Waals surface area contributed by atoms with Gasteiger partial charge in [0.05, 0.1) is 0 Å². The van der Waals surface area contributed by atoms with Crippen LogP contribution in [-0.2, 0) is 16.0 Å². The van der Waals surface area contributed by atoms with Gasteiger partial charge in [-0.15, -0.1) is 10.2 Å². The number of hydrogen-bond acceptors (Lipinski definition) is 7. The van der Waals surface area contributed by atoms with E-state index in [-0.39, 0.29) is 18.2 Å². The third kappa shape index (κ3) is 6.44. The summed E-state index contributed by atoms with van der Waals surface area (Å²) in [5, 5.41) is 17.8. The highest BCUT2D eigenvalue weighted by molar-refractivity contribution is 7.08. The van der Waals surface area contributed by atoms with E-state index < -0.39 is 6.04 Å². The maximum Gasteiger partial charge on any atom is 0.248 e.